The maximum atomic E-state index is 12.9. The molecule has 1 saturated heterocycles. The fraction of sp³-hybridized carbons (Fsp3) is 0.435. The Balaban J connectivity index is 2.10. The van der Waals surface area contributed by atoms with Gasteiger partial charge in [-0.1, -0.05) is 25.1 Å². The normalized spacial score (nSPS) is 17.0. The van der Waals surface area contributed by atoms with E-state index in [-0.39, 0.29) is 35.7 Å². The summed E-state index contributed by atoms with van der Waals surface area (Å²) in [5.74, 6) is -1.65. The number of primary amides is 1. The molecular formula is C23H27F3N4O5. The second-order valence-corrected chi connectivity index (χ2v) is 8.05. The number of nitrogens with two attached hydrogens (primary N) is 1. The van der Waals surface area contributed by atoms with Crippen molar-refractivity contribution in [2.24, 2.45) is 11.7 Å². The molecule has 1 aromatic carbocycles. The first-order valence-electron chi connectivity index (χ1n) is 10.9. The largest absolute Gasteiger partial charge is 0.573 e. The summed E-state index contributed by atoms with van der Waals surface area (Å²) >= 11 is 0. The van der Waals surface area contributed by atoms with Crippen LogP contribution in [0.5, 0.6) is 17.5 Å². The van der Waals surface area contributed by atoms with E-state index in [1.807, 2.05) is 26.0 Å². The molecule has 0 bridgehead atoms. The number of carbonyl (C=O) groups excluding carboxylic acids is 2. The van der Waals surface area contributed by atoms with E-state index >= 15 is 0 Å². The van der Waals surface area contributed by atoms with Gasteiger partial charge in [0.2, 0.25) is 5.91 Å². The van der Waals surface area contributed by atoms with Crippen LogP contribution in [0.4, 0.5) is 19.0 Å². The van der Waals surface area contributed by atoms with Gasteiger partial charge >= 0.3 is 18.3 Å². The third kappa shape index (κ3) is 6.25. The van der Waals surface area contributed by atoms with Gasteiger partial charge in [0.15, 0.2) is 11.5 Å². The molecule has 0 saturated carbocycles. The van der Waals surface area contributed by atoms with E-state index in [9.17, 15) is 22.8 Å². The van der Waals surface area contributed by atoms with Crippen molar-refractivity contribution in [3.8, 4) is 17.5 Å². The molecule has 0 spiro atoms. The average Bonchev–Trinajstić information content (AvgIpc) is 3.38. The van der Waals surface area contributed by atoms with Crippen molar-refractivity contribution < 1.29 is 37.0 Å². The number of hydrogen-bond donors (Lipinski definition) is 1. The molecule has 3 rings (SSSR count). The number of allylic oxidation sites excluding steroid dienone is 2. The molecule has 0 aliphatic carbocycles. The van der Waals surface area contributed by atoms with E-state index < -0.39 is 30.0 Å². The number of rotatable bonds is 9. The number of carbonyl (C=O) groups is 2. The van der Waals surface area contributed by atoms with Gasteiger partial charge in [0.1, 0.15) is 17.5 Å². The Morgan fingerprint density at radius 3 is 2.66 bits per heavy atom. The molecule has 1 aromatic heterocycles. The molecule has 2 aromatic rings. The standard InChI is InChI=1S/C23H27F3N4O5/c1-4-7-14(2)13-30-18(21(32)33-3)20(29-11-6-10-17(29)19(27)31)28-22(30)34-15-8-5-9-16(12-15)35-23(24,25)26/h4-5,7-9,12,14,17H,6,10-11,13H2,1-3H3,(H2,27,31)/b7-4-. The number of esters is 1. The molecular weight excluding hydrogens is 469 g/mol. The molecule has 190 valence electrons. The lowest BCUT2D eigenvalue weighted by Gasteiger charge is -2.23. The third-order valence-corrected chi connectivity index (χ3v) is 5.39. The Bertz CT molecular complexity index is 1100. The highest BCUT2D eigenvalue weighted by atomic mass is 19.4. The number of nitrogens with zero attached hydrogens (tertiary/aromatic N) is 3. The molecule has 1 aliphatic heterocycles. The van der Waals surface area contributed by atoms with Crippen LogP contribution in [0.15, 0.2) is 36.4 Å². The van der Waals surface area contributed by atoms with Gasteiger partial charge in [-0.25, -0.2) is 4.79 Å². The first-order chi connectivity index (χ1) is 16.5. The zero-order valence-electron chi connectivity index (χ0n) is 19.5. The number of imidazole rings is 1. The molecule has 2 heterocycles. The Labute approximate surface area is 200 Å². The second kappa shape index (κ2) is 10.7. The van der Waals surface area contributed by atoms with E-state index in [1.165, 1.54) is 23.8 Å². The molecule has 9 nitrogen and oxygen atoms in total. The Kier molecular flexibility index (Phi) is 7.92. The fourth-order valence-electron chi connectivity index (χ4n) is 4.00. The molecule has 2 N–H and O–H groups in total. The monoisotopic (exact) mass is 496 g/mol. The summed E-state index contributed by atoms with van der Waals surface area (Å²) in [5, 5.41) is 0. The van der Waals surface area contributed by atoms with Crippen molar-refractivity contribution >= 4 is 17.7 Å². The van der Waals surface area contributed by atoms with Crippen LogP contribution in [0, 0.1) is 5.92 Å². The Hall–Kier alpha value is -3.70. The van der Waals surface area contributed by atoms with Crippen LogP contribution in [0.25, 0.3) is 0 Å². The van der Waals surface area contributed by atoms with E-state index in [0.717, 1.165) is 12.1 Å². The lowest BCUT2D eigenvalue weighted by atomic mass is 10.1. The quantitative estimate of drug-likeness (QED) is 0.412. The molecule has 1 aliphatic rings. The first kappa shape index (κ1) is 25.9. The molecule has 1 amide bonds. The molecule has 35 heavy (non-hydrogen) atoms. The molecule has 2 unspecified atom stereocenters. The average molecular weight is 496 g/mol. The predicted molar refractivity (Wildman–Crippen MR) is 120 cm³/mol. The van der Waals surface area contributed by atoms with Gasteiger partial charge in [0.25, 0.3) is 0 Å². The summed E-state index contributed by atoms with van der Waals surface area (Å²) in [6, 6.07) is 4.21. The summed E-state index contributed by atoms with van der Waals surface area (Å²) < 4.78 is 54.3. The number of methoxy groups -OCH3 is 1. The van der Waals surface area contributed by atoms with E-state index in [4.69, 9.17) is 15.2 Å². The van der Waals surface area contributed by atoms with Gasteiger partial charge in [-0.05, 0) is 37.8 Å². The first-order valence-corrected chi connectivity index (χ1v) is 10.9. The fourth-order valence-corrected chi connectivity index (χ4v) is 4.00. The summed E-state index contributed by atoms with van der Waals surface area (Å²) in [6.45, 7) is 4.42. The highest BCUT2D eigenvalue weighted by Gasteiger charge is 2.37. The van der Waals surface area contributed by atoms with E-state index in [1.54, 1.807) is 4.90 Å². The highest BCUT2D eigenvalue weighted by Crippen LogP contribution is 2.35. The van der Waals surface area contributed by atoms with Crippen molar-refractivity contribution in [3.05, 3.63) is 42.1 Å². The summed E-state index contributed by atoms with van der Waals surface area (Å²) in [4.78, 5) is 31.0. The maximum Gasteiger partial charge on any atom is 0.573 e. The topological polar surface area (TPSA) is 109 Å². The Morgan fingerprint density at radius 2 is 2.03 bits per heavy atom. The number of aromatic nitrogens is 2. The van der Waals surface area contributed by atoms with E-state index in [2.05, 4.69) is 9.72 Å². The van der Waals surface area contributed by atoms with Gasteiger partial charge in [-0.2, -0.15) is 4.98 Å². The second-order valence-electron chi connectivity index (χ2n) is 8.05. The minimum Gasteiger partial charge on any atom is -0.464 e. The Morgan fingerprint density at radius 1 is 1.31 bits per heavy atom. The zero-order valence-corrected chi connectivity index (χ0v) is 19.5. The molecule has 12 heteroatoms. The van der Waals surface area contributed by atoms with Crippen molar-refractivity contribution in [2.75, 3.05) is 18.6 Å². The number of amides is 1. The number of benzene rings is 1. The number of hydrogen-bond acceptors (Lipinski definition) is 7. The smallest absolute Gasteiger partial charge is 0.464 e. The number of alkyl halides is 3. The van der Waals surface area contributed by atoms with Gasteiger partial charge < -0.3 is 24.8 Å². The van der Waals surface area contributed by atoms with Crippen molar-refractivity contribution in [1.82, 2.24) is 9.55 Å². The minimum absolute atomic E-state index is 0.00697. The van der Waals surface area contributed by atoms with Crippen LogP contribution in [0.1, 0.15) is 37.2 Å². The number of halogens is 3. The van der Waals surface area contributed by atoms with Crippen LogP contribution in [-0.4, -0.2) is 47.5 Å². The molecule has 2 atom stereocenters. The lowest BCUT2D eigenvalue weighted by Crippen LogP contribution is -2.41. The van der Waals surface area contributed by atoms with Gasteiger partial charge in [0.05, 0.1) is 7.11 Å². The van der Waals surface area contributed by atoms with Gasteiger partial charge in [-0.3, -0.25) is 9.36 Å². The summed E-state index contributed by atoms with van der Waals surface area (Å²) in [5.41, 5.74) is 5.61. The van der Waals surface area contributed by atoms with Crippen LogP contribution >= 0.6 is 0 Å². The molecule has 1 fully saturated rings. The zero-order chi connectivity index (χ0) is 25.8. The number of anilines is 1. The van der Waals surface area contributed by atoms with Crippen LogP contribution in [0.3, 0.4) is 0 Å². The SMILES string of the molecule is C/C=C\C(C)Cn1c(Oc2cccc(OC(F)(F)F)c2)nc(N2CCCC2C(N)=O)c1C(=O)OC. The van der Waals surface area contributed by atoms with Crippen molar-refractivity contribution in [2.45, 2.75) is 45.6 Å². The molecule has 0 radical (unpaired) electrons. The van der Waals surface area contributed by atoms with Crippen LogP contribution in [0.2, 0.25) is 0 Å². The highest BCUT2D eigenvalue weighted by molar-refractivity contribution is 5.95. The minimum atomic E-state index is -4.87. The van der Waals surface area contributed by atoms with Gasteiger partial charge in [0, 0.05) is 19.2 Å². The van der Waals surface area contributed by atoms with Crippen molar-refractivity contribution in [3.63, 3.8) is 0 Å². The lowest BCUT2D eigenvalue weighted by molar-refractivity contribution is -0.274. The predicted octanol–water partition coefficient (Wildman–Crippen LogP) is 4.03. The van der Waals surface area contributed by atoms with Crippen LogP contribution in [-0.2, 0) is 16.1 Å². The summed E-state index contributed by atoms with van der Waals surface area (Å²) in [7, 11) is 1.22. The number of ether oxygens (including phenoxy) is 3. The van der Waals surface area contributed by atoms with Crippen molar-refractivity contribution in [1.29, 1.82) is 0 Å². The van der Waals surface area contributed by atoms with Crippen LogP contribution < -0.4 is 20.1 Å². The van der Waals surface area contributed by atoms with Gasteiger partial charge in [-0.15, -0.1) is 13.2 Å². The summed E-state index contributed by atoms with van der Waals surface area (Å²) in [6.07, 6.45) is 0.0321. The maximum absolute atomic E-state index is 12.9. The van der Waals surface area contributed by atoms with E-state index in [0.29, 0.717) is 19.4 Å². The third-order valence-electron chi connectivity index (χ3n) is 5.39.